The Morgan fingerprint density at radius 1 is 1.38 bits per heavy atom. The highest BCUT2D eigenvalue weighted by Crippen LogP contribution is 2.44. The standard InChI is InChI=1S/C21H21N3O4S/c1-11-19(12(2)28-23-11)22-21(26)15-10-24(3)20(18-6-5-7-29-18)14-9-17(27-4)16(25)8-13(14)15/h5-10,20,25H,1-4H3,(H,22,26). The van der Waals surface area contributed by atoms with E-state index in [1.807, 2.05) is 23.4 Å². The minimum atomic E-state index is -0.304. The third kappa shape index (κ3) is 3.25. The number of methoxy groups -OCH3 is 1. The van der Waals surface area contributed by atoms with Crippen molar-refractivity contribution in [3.8, 4) is 11.5 Å². The van der Waals surface area contributed by atoms with Crippen molar-refractivity contribution < 1.29 is 19.2 Å². The molecule has 1 aliphatic heterocycles. The molecule has 1 aliphatic rings. The van der Waals surface area contributed by atoms with Gasteiger partial charge in [-0.15, -0.1) is 11.3 Å². The Kier molecular flexibility index (Phi) is 4.79. The van der Waals surface area contributed by atoms with Crippen LogP contribution >= 0.6 is 11.3 Å². The quantitative estimate of drug-likeness (QED) is 0.673. The molecule has 0 saturated carbocycles. The molecule has 2 N–H and O–H groups in total. The zero-order valence-electron chi connectivity index (χ0n) is 16.5. The molecule has 0 saturated heterocycles. The van der Waals surface area contributed by atoms with Crippen LogP contribution in [0.25, 0.3) is 5.57 Å². The van der Waals surface area contributed by atoms with E-state index in [1.54, 1.807) is 43.5 Å². The third-order valence-electron chi connectivity index (χ3n) is 5.00. The van der Waals surface area contributed by atoms with Gasteiger partial charge in [-0.2, -0.15) is 0 Å². The first-order chi connectivity index (χ1) is 13.9. The summed E-state index contributed by atoms with van der Waals surface area (Å²) in [5, 5.41) is 19.2. The number of hydrogen-bond donors (Lipinski definition) is 2. The number of hydrogen-bond acceptors (Lipinski definition) is 7. The zero-order valence-corrected chi connectivity index (χ0v) is 17.3. The van der Waals surface area contributed by atoms with Crippen LogP contribution in [0.4, 0.5) is 5.69 Å². The second kappa shape index (κ2) is 7.29. The number of carbonyl (C=O) groups is 1. The first kappa shape index (κ1) is 19.1. The van der Waals surface area contributed by atoms with Crippen LogP contribution in [-0.4, -0.2) is 35.2 Å². The molecule has 1 aromatic carbocycles. The molecule has 2 aromatic heterocycles. The molecule has 0 aliphatic carbocycles. The summed E-state index contributed by atoms with van der Waals surface area (Å²) >= 11 is 1.64. The average Bonchev–Trinajstić information content (AvgIpc) is 3.33. The predicted molar refractivity (Wildman–Crippen MR) is 111 cm³/mol. The van der Waals surface area contributed by atoms with Crippen LogP contribution < -0.4 is 10.1 Å². The van der Waals surface area contributed by atoms with Gasteiger partial charge < -0.3 is 24.6 Å². The summed E-state index contributed by atoms with van der Waals surface area (Å²) in [4.78, 5) is 16.3. The largest absolute Gasteiger partial charge is 0.504 e. The van der Waals surface area contributed by atoms with Gasteiger partial charge in [0.25, 0.3) is 5.91 Å². The smallest absolute Gasteiger partial charge is 0.257 e. The van der Waals surface area contributed by atoms with E-state index in [1.165, 1.54) is 7.11 Å². The van der Waals surface area contributed by atoms with Crippen LogP contribution in [-0.2, 0) is 4.79 Å². The van der Waals surface area contributed by atoms with Crippen molar-refractivity contribution in [1.29, 1.82) is 0 Å². The maximum Gasteiger partial charge on any atom is 0.257 e. The Morgan fingerprint density at radius 2 is 2.17 bits per heavy atom. The summed E-state index contributed by atoms with van der Waals surface area (Å²) in [6, 6.07) is 7.34. The van der Waals surface area contributed by atoms with Gasteiger partial charge in [0.15, 0.2) is 17.3 Å². The molecule has 1 unspecified atom stereocenters. The minimum Gasteiger partial charge on any atom is -0.504 e. The molecule has 8 heteroatoms. The van der Waals surface area contributed by atoms with Crippen molar-refractivity contribution in [2.45, 2.75) is 19.9 Å². The summed E-state index contributed by atoms with van der Waals surface area (Å²) < 4.78 is 10.5. The predicted octanol–water partition coefficient (Wildman–Crippen LogP) is 4.08. The lowest BCUT2D eigenvalue weighted by atomic mass is 9.89. The highest BCUT2D eigenvalue weighted by molar-refractivity contribution is 7.10. The minimum absolute atomic E-state index is 0.0169. The molecule has 0 spiro atoms. The fraction of sp³-hybridized carbons (Fsp3) is 0.238. The topological polar surface area (TPSA) is 87.8 Å². The molecule has 0 radical (unpaired) electrons. The Balaban J connectivity index is 1.81. The van der Waals surface area contributed by atoms with E-state index in [2.05, 4.69) is 16.5 Å². The Labute approximate surface area is 172 Å². The summed E-state index contributed by atoms with van der Waals surface area (Å²) in [7, 11) is 3.44. The molecule has 7 nitrogen and oxygen atoms in total. The summed E-state index contributed by atoms with van der Waals surface area (Å²) in [5.74, 6) is 0.583. The number of nitrogens with zero attached hydrogens (tertiary/aromatic N) is 2. The van der Waals surface area contributed by atoms with E-state index in [-0.39, 0.29) is 17.7 Å². The number of thiophene rings is 1. The average molecular weight is 411 g/mol. The molecule has 29 heavy (non-hydrogen) atoms. The molecule has 150 valence electrons. The summed E-state index contributed by atoms with van der Waals surface area (Å²) in [6.07, 6.45) is 1.80. The second-order valence-electron chi connectivity index (χ2n) is 6.89. The van der Waals surface area contributed by atoms with Gasteiger partial charge in [0, 0.05) is 18.1 Å². The number of benzene rings is 1. The number of aromatic nitrogens is 1. The van der Waals surface area contributed by atoms with Crippen molar-refractivity contribution in [2.24, 2.45) is 0 Å². The van der Waals surface area contributed by atoms with Crippen molar-refractivity contribution in [1.82, 2.24) is 10.1 Å². The van der Waals surface area contributed by atoms with Gasteiger partial charge in [-0.05, 0) is 48.6 Å². The number of rotatable bonds is 4. The SMILES string of the molecule is COc1cc2c(cc1O)C(C(=O)Nc1c(C)noc1C)=CN(C)C2c1cccs1. The van der Waals surface area contributed by atoms with Gasteiger partial charge in [-0.1, -0.05) is 11.2 Å². The number of ether oxygens (including phenoxy) is 1. The Bertz CT molecular complexity index is 1080. The number of phenols is 1. The van der Waals surface area contributed by atoms with Gasteiger partial charge in [0.1, 0.15) is 11.4 Å². The second-order valence-corrected chi connectivity index (χ2v) is 7.87. The Morgan fingerprint density at radius 3 is 2.79 bits per heavy atom. The number of amides is 1. The molecule has 3 aromatic rings. The summed E-state index contributed by atoms with van der Waals surface area (Å²) in [6.45, 7) is 3.51. The van der Waals surface area contributed by atoms with Crippen LogP contribution in [0.15, 0.2) is 40.4 Å². The zero-order chi connectivity index (χ0) is 20.7. The monoisotopic (exact) mass is 411 g/mol. The van der Waals surface area contributed by atoms with Gasteiger partial charge >= 0.3 is 0 Å². The number of anilines is 1. The summed E-state index contributed by atoms with van der Waals surface area (Å²) in [5.41, 5.74) is 3.14. The van der Waals surface area contributed by atoms with Crippen LogP contribution in [0, 0.1) is 13.8 Å². The van der Waals surface area contributed by atoms with Crippen molar-refractivity contribution >= 4 is 28.5 Å². The number of fused-ring (bicyclic) bond motifs is 1. The lowest BCUT2D eigenvalue weighted by molar-refractivity contribution is -0.111. The fourth-order valence-corrected chi connectivity index (χ4v) is 4.49. The number of phenolic OH excluding ortho intramolecular Hbond substituents is 1. The number of nitrogens with one attached hydrogen (secondary N) is 1. The van der Waals surface area contributed by atoms with E-state index in [0.29, 0.717) is 34.0 Å². The van der Waals surface area contributed by atoms with Crippen LogP contribution in [0.2, 0.25) is 0 Å². The molecular formula is C21H21N3O4S. The fourth-order valence-electron chi connectivity index (χ4n) is 3.60. The molecule has 0 fully saturated rings. The number of aryl methyl sites for hydroxylation is 2. The van der Waals surface area contributed by atoms with Crippen molar-refractivity contribution in [2.75, 3.05) is 19.5 Å². The first-order valence-corrected chi connectivity index (χ1v) is 9.91. The van der Waals surface area contributed by atoms with Gasteiger partial charge in [0.2, 0.25) is 0 Å². The van der Waals surface area contributed by atoms with Gasteiger partial charge in [-0.25, -0.2) is 0 Å². The highest BCUT2D eigenvalue weighted by Gasteiger charge is 2.32. The maximum absolute atomic E-state index is 13.2. The van der Waals surface area contributed by atoms with E-state index in [9.17, 15) is 9.90 Å². The lowest BCUT2D eigenvalue weighted by Crippen LogP contribution is -2.28. The molecule has 1 amide bonds. The molecule has 4 rings (SSSR count). The number of aromatic hydroxyl groups is 1. The Hall–Kier alpha value is -3.26. The van der Waals surface area contributed by atoms with Gasteiger partial charge in [0.05, 0.1) is 18.7 Å². The molecular weight excluding hydrogens is 390 g/mol. The van der Waals surface area contributed by atoms with Crippen molar-refractivity contribution in [3.05, 3.63) is 63.3 Å². The van der Waals surface area contributed by atoms with Gasteiger partial charge in [-0.3, -0.25) is 4.79 Å². The first-order valence-electron chi connectivity index (χ1n) is 9.03. The van der Waals surface area contributed by atoms with E-state index >= 15 is 0 Å². The maximum atomic E-state index is 13.2. The van der Waals surface area contributed by atoms with E-state index in [4.69, 9.17) is 9.26 Å². The molecule has 1 atom stereocenters. The van der Waals surface area contributed by atoms with Crippen LogP contribution in [0.1, 0.15) is 33.5 Å². The third-order valence-corrected chi connectivity index (χ3v) is 5.93. The normalized spacial score (nSPS) is 15.7. The number of carbonyl (C=O) groups excluding carboxylic acids is 1. The van der Waals surface area contributed by atoms with Crippen molar-refractivity contribution in [3.63, 3.8) is 0 Å². The van der Waals surface area contributed by atoms with E-state index in [0.717, 1.165) is 10.4 Å². The molecule has 3 heterocycles. The molecule has 0 bridgehead atoms. The lowest BCUT2D eigenvalue weighted by Gasteiger charge is -2.34. The van der Waals surface area contributed by atoms with Crippen LogP contribution in [0.5, 0.6) is 11.5 Å². The van der Waals surface area contributed by atoms with Crippen LogP contribution in [0.3, 0.4) is 0 Å². The highest BCUT2D eigenvalue weighted by atomic mass is 32.1. The van der Waals surface area contributed by atoms with E-state index < -0.39 is 0 Å².